The summed E-state index contributed by atoms with van der Waals surface area (Å²) in [5.41, 5.74) is 0.536. The molecule has 0 bridgehead atoms. The maximum atomic E-state index is 10.8. The number of rotatable bonds is 3. The Morgan fingerprint density at radius 2 is 2.07 bits per heavy atom. The van der Waals surface area contributed by atoms with Gasteiger partial charge in [-0.2, -0.15) is 0 Å². The Morgan fingerprint density at radius 1 is 1.33 bits per heavy atom. The van der Waals surface area contributed by atoms with E-state index < -0.39 is 0 Å². The van der Waals surface area contributed by atoms with E-state index in [1.165, 1.54) is 12.8 Å². The highest BCUT2D eigenvalue weighted by Crippen LogP contribution is 2.27. The van der Waals surface area contributed by atoms with E-state index in [2.05, 4.69) is 0 Å². The van der Waals surface area contributed by atoms with Gasteiger partial charge < -0.3 is 4.74 Å². The van der Waals surface area contributed by atoms with Crippen molar-refractivity contribution in [2.45, 2.75) is 31.8 Å². The Labute approximate surface area is 94.2 Å². The molecule has 2 rings (SSSR count). The second-order valence-electron chi connectivity index (χ2n) is 3.82. The van der Waals surface area contributed by atoms with Crippen molar-refractivity contribution in [3.63, 3.8) is 0 Å². The van der Waals surface area contributed by atoms with Crippen LogP contribution >= 0.6 is 11.6 Å². The molecule has 80 valence electrons. The van der Waals surface area contributed by atoms with Crippen molar-refractivity contribution in [1.29, 1.82) is 0 Å². The van der Waals surface area contributed by atoms with Crippen molar-refractivity contribution < 1.29 is 9.53 Å². The lowest BCUT2D eigenvalue weighted by Crippen LogP contribution is -2.11. The molecular weight excluding hydrogens is 212 g/mol. The van der Waals surface area contributed by atoms with Crippen molar-refractivity contribution in [2.75, 3.05) is 0 Å². The molecule has 0 saturated heterocycles. The number of carbonyl (C=O) groups excluding carboxylic acids is 1. The van der Waals surface area contributed by atoms with Gasteiger partial charge in [0, 0.05) is 5.02 Å². The van der Waals surface area contributed by atoms with Gasteiger partial charge in [0.2, 0.25) is 0 Å². The molecule has 2 nitrogen and oxygen atoms in total. The van der Waals surface area contributed by atoms with Crippen LogP contribution in [0.4, 0.5) is 0 Å². The van der Waals surface area contributed by atoms with Crippen LogP contribution in [0.1, 0.15) is 36.0 Å². The van der Waals surface area contributed by atoms with Crippen LogP contribution < -0.4 is 4.74 Å². The minimum absolute atomic E-state index is 0.268. The number of hydrogen-bond acceptors (Lipinski definition) is 2. The van der Waals surface area contributed by atoms with Crippen LogP contribution in [0.15, 0.2) is 18.2 Å². The van der Waals surface area contributed by atoms with E-state index in [4.69, 9.17) is 16.3 Å². The standard InChI is InChI=1S/C12H13ClO2/c13-10-5-6-12(9(7-10)8-14)15-11-3-1-2-4-11/h5-8,11H,1-4H2. The third-order valence-corrected chi connectivity index (χ3v) is 2.93. The average molecular weight is 225 g/mol. The minimum atomic E-state index is 0.268. The molecule has 1 aromatic carbocycles. The summed E-state index contributed by atoms with van der Waals surface area (Å²) in [6, 6.07) is 5.15. The molecule has 0 unspecified atom stereocenters. The maximum Gasteiger partial charge on any atom is 0.153 e. The molecule has 1 aliphatic rings. The molecular formula is C12H13ClO2. The number of benzene rings is 1. The Balaban J connectivity index is 2.15. The highest BCUT2D eigenvalue weighted by molar-refractivity contribution is 6.30. The summed E-state index contributed by atoms with van der Waals surface area (Å²) in [4.78, 5) is 10.8. The normalized spacial score (nSPS) is 16.6. The van der Waals surface area contributed by atoms with E-state index in [0.29, 0.717) is 16.3 Å². The largest absolute Gasteiger partial charge is 0.490 e. The van der Waals surface area contributed by atoms with E-state index in [1.54, 1.807) is 18.2 Å². The minimum Gasteiger partial charge on any atom is -0.490 e. The van der Waals surface area contributed by atoms with Crippen molar-refractivity contribution in [3.05, 3.63) is 28.8 Å². The summed E-state index contributed by atoms with van der Waals surface area (Å²) in [5, 5.41) is 0.566. The van der Waals surface area contributed by atoms with Crippen molar-refractivity contribution in [2.24, 2.45) is 0 Å². The van der Waals surface area contributed by atoms with Gasteiger partial charge in [0.15, 0.2) is 6.29 Å². The Hall–Kier alpha value is -1.02. The molecule has 0 N–H and O–H groups in total. The van der Waals surface area contributed by atoms with E-state index >= 15 is 0 Å². The molecule has 0 radical (unpaired) electrons. The van der Waals surface area contributed by atoms with Crippen molar-refractivity contribution >= 4 is 17.9 Å². The van der Waals surface area contributed by atoms with Crippen LogP contribution in [0, 0.1) is 0 Å². The first kappa shape index (κ1) is 10.5. The van der Waals surface area contributed by atoms with Crippen LogP contribution in [0.3, 0.4) is 0 Å². The average Bonchev–Trinajstić information content (AvgIpc) is 2.73. The molecule has 1 saturated carbocycles. The van der Waals surface area contributed by atoms with Crippen molar-refractivity contribution in [3.8, 4) is 5.75 Å². The summed E-state index contributed by atoms with van der Waals surface area (Å²) in [5.74, 6) is 0.654. The third-order valence-electron chi connectivity index (χ3n) is 2.69. The number of aldehydes is 1. The highest BCUT2D eigenvalue weighted by Gasteiger charge is 2.17. The van der Waals surface area contributed by atoms with Gasteiger partial charge in [0.25, 0.3) is 0 Å². The van der Waals surface area contributed by atoms with Gasteiger partial charge >= 0.3 is 0 Å². The molecule has 3 heteroatoms. The van der Waals surface area contributed by atoms with Gasteiger partial charge in [0.1, 0.15) is 5.75 Å². The quantitative estimate of drug-likeness (QED) is 0.735. The Bertz CT molecular complexity index is 357. The molecule has 0 heterocycles. The fourth-order valence-corrected chi connectivity index (χ4v) is 2.09. The number of carbonyl (C=O) groups is 1. The topological polar surface area (TPSA) is 26.3 Å². The van der Waals surface area contributed by atoms with Gasteiger partial charge in [-0.05, 0) is 43.9 Å². The first-order chi connectivity index (χ1) is 7.29. The molecule has 0 aliphatic heterocycles. The van der Waals surface area contributed by atoms with Gasteiger partial charge in [-0.15, -0.1) is 0 Å². The zero-order valence-electron chi connectivity index (χ0n) is 8.41. The summed E-state index contributed by atoms with van der Waals surface area (Å²) >= 11 is 5.80. The summed E-state index contributed by atoms with van der Waals surface area (Å²) < 4.78 is 5.76. The lowest BCUT2D eigenvalue weighted by molar-refractivity contribution is 0.111. The van der Waals surface area contributed by atoms with Crippen LogP contribution in [-0.2, 0) is 0 Å². The van der Waals surface area contributed by atoms with E-state index in [-0.39, 0.29) is 6.10 Å². The number of ether oxygens (including phenoxy) is 1. The van der Waals surface area contributed by atoms with Crippen LogP contribution in [0.25, 0.3) is 0 Å². The van der Waals surface area contributed by atoms with Crippen LogP contribution in [0.5, 0.6) is 5.75 Å². The molecule has 1 fully saturated rings. The van der Waals surface area contributed by atoms with Gasteiger partial charge in [-0.1, -0.05) is 11.6 Å². The van der Waals surface area contributed by atoms with Crippen LogP contribution in [0.2, 0.25) is 5.02 Å². The lowest BCUT2D eigenvalue weighted by Gasteiger charge is -2.14. The zero-order valence-corrected chi connectivity index (χ0v) is 9.17. The fraction of sp³-hybridized carbons (Fsp3) is 0.417. The van der Waals surface area contributed by atoms with Crippen LogP contribution in [-0.4, -0.2) is 12.4 Å². The molecule has 0 atom stereocenters. The summed E-state index contributed by atoms with van der Waals surface area (Å²) in [6.45, 7) is 0. The van der Waals surface area contributed by atoms with E-state index in [0.717, 1.165) is 19.1 Å². The first-order valence-corrected chi connectivity index (χ1v) is 5.59. The second-order valence-corrected chi connectivity index (χ2v) is 4.26. The predicted octanol–water partition coefficient (Wildman–Crippen LogP) is 3.47. The van der Waals surface area contributed by atoms with Crippen molar-refractivity contribution in [1.82, 2.24) is 0 Å². The Kier molecular flexibility index (Phi) is 3.27. The van der Waals surface area contributed by atoms with E-state index in [1.807, 2.05) is 0 Å². The molecule has 0 aromatic heterocycles. The molecule has 0 spiro atoms. The maximum absolute atomic E-state index is 10.8. The van der Waals surface area contributed by atoms with E-state index in [9.17, 15) is 4.79 Å². The molecule has 1 aromatic rings. The molecule has 15 heavy (non-hydrogen) atoms. The van der Waals surface area contributed by atoms with Gasteiger partial charge in [-0.3, -0.25) is 4.79 Å². The zero-order chi connectivity index (χ0) is 10.7. The molecule has 0 amide bonds. The highest BCUT2D eigenvalue weighted by atomic mass is 35.5. The summed E-state index contributed by atoms with van der Waals surface area (Å²) in [7, 11) is 0. The predicted molar refractivity (Wildman–Crippen MR) is 59.7 cm³/mol. The number of hydrogen-bond donors (Lipinski definition) is 0. The SMILES string of the molecule is O=Cc1cc(Cl)ccc1OC1CCCC1. The second kappa shape index (κ2) is 4.67. The summed E-state index contributed by atoms with van der Waals surface area (Å²) in [6.07, 6.45) is 5.66. The van der Waals surface area contributed by atoms with Gasteiger partial charge in [0.05, 0.1) is 11.7 Å². The smallest absolute Gasteiger partial charge is 0.153 e. The Morgan fingerprint density at radius 3 is 2.73 bits per heavy atom. The van der Waals surface area contributed by atoms with Gasteiger partial charge in [-0.25, -0.2) is 0 Å². The fourth-order valence-electron chi connectivity index (χ4n) is 1.90. The monoisotopic (exact) mass is 224 g/mol. The third kappa shape index (κ3) is 2.51. The first-order valence-electron chi connectivity index (χ1n) is 5.21. The number of halogens is 1. The lowest BCUT2D eigenvalue weighted by atomic mass is 10.2. The molecule has 1 aliphatic carbocycles.